The molecule has 0 heterocycles. The van der Waals surface area contributed by atoms with Crippen molar-refractivity contribution in [3.63, 3.8) is 0 Å². The molecule has 4 aromatic carbocycles. The fourth-order valence-electron chi connectivity index (χ4n) is 4.59. The molecular formula is C37H46O2P2. The van der Waals surface area contributed by atoms with Crippen molar-refractivity contribution >= 4 is 28.2 Å². The molecule has 0 spiro atoms. The van der Waals surface area contributed by atoms with Gasteiger partial charge in [0.2, 0.25) is 0 Å². The van der Waals surface area contributed by atoms with Gasteiger partial charge in [0.1, 0.15) is 29.1 Å². The van der Waals surface area contributed by atoms with Crippen LogP contribution in [-0.2, 0) is 16.2 Å². The summed E-state index contributed by atoms with van der Waals surface area (Å²) in [5.74, 6) is 1.94. The molecule has 2 nitrogen and oxygen atoms in total. The molecule has 0 amide bonds. The third-order valence-corrected chi connectivity index (χ3v) is 9.14. The Labute approximate surface area is 252 Å². The lowest BCUT2D eigenvalue weighted by Gasteiger charge is -2.27. The Morgan fingerprint density at radius 1 is 0.463 bits per heavy atom. The lowest BCUT2D eigenvalue weighted by atomic mass is 9.80. The highest BCUT2D eigenvalue weighted by Gasteiger charge is 2.23. The zero-order valence-corrected chi connectivity index (χ0v) is 28.4. The molecule has 41 heavy (non-hydrogen) atoms. The number of aryl methyl sites for hydroxylation is 1. The van der Waals surface area contributed by atoms with E-state index in [1.807, 2.05) is 0 Å². The normalized spacial score (nSPS) is 12.9. The molecule has 0 aliphatic rings. The lowest BCUT2D eigenvalue weighted by Crippen LogP contribution is -2.17. The fraction of sp³-hybridized carbons (Fsp3) is 0.351. The maximum absolute atomic E-state index is 6.39. The van der Waals surface area contributed by atoms with E-state index in [4.69, 9.17) is 9.05 Å². The van der Waals surface area contributed by atoms with Crippen molar-refractivity contribution in [2.45, 2.75) is 85.5 Å². The van der Waals surface area contributed by atoms with Crippen molar-refractivity contribution in [2.24, 2.45) is 0 Å². The van der Waals surface area contributed by atoms with Gasteiger partial charge in [-0.2, -0.15) is 0 Å². The second kappa shape index (κ2) is 12.3. The van der Waals surface area contributed by atoms with Crippen molar-refractivity contribution in [3.05, 3.63) is 107 Å². The largest absolute Gasteiger partial charge is 0.472 e. The van der Waals surface area contributed by atoms with Crippen LogP contribution in [0.1, 0.15) is 84.6 Å². The van der Waals surface area contributed by atoms with Gasteiger partial charge >= 0.3 is 0 Å². The van der Waals surface area contributed by atoms with Crippen LogP contribution in [0.25, 0.3) is 11.1 Å². The van der Waals surface area contributed by atoms with E-state index in [9.17, 15) is 0 Å². The monoisotopic (exact) mass is 584 g/mol. The molecule has 4 heteroatoms. The average molecular weight is 585 g/mol. The van der Waals surface area contributed by atoms with Crippen molar-refractivity contribution < 1.29 is 9.05 Å². The van der Waals surface area contributed by atoms with E-state index in [1.54, 1.807) is 0 Å². The summed E-state index contributed by atoms with van der Waals surface area (Å²) < 4.78 is 12.6. The standard InChI is InChI=1S/C37H46O2P2/c1-25-23-28(35(2,3)4)15-21-33(25)38-40-30-17-11-26(12-18-30)27-13-19-31(20-14-27)41-39-34-22-16-29(36(5,6)7)24-32(34)37(8,9)10/h11-24,40-41H,1-10H3. The molecule has 2 unspecified atom stereocenters. The van der Waals surface area contributed by atoms with Gasteiger partial charge in [-0.05, 0) is 63.1 Å². The van der Waals surface area contributed by atoms with Crippen LogP contribution < -0.4 is 19.7 Å². The molecule has 0 aliphatic heterocycles. The number of benzene rings is 4. The van der Waals surface area contributed by atoms with Gasteiger partial charge in [0.05, 0.1) is 0 Å². The summed E-state index contributed by atoms with van der Waals surface area (Å²) in [6, 6.07) is 30.6. The van der Waals surface area contributed by atoms with Gasteiger partial charge in [-0.25, -0.2) is 0 Å². The summed E-state index contributed by atoms with van der Waals surface area (Å²) >= 11 is 0. The van der Waals surface area contributed by atoms with Crippen molar-refractivity contribution in [2.75, 3.05) is 0 Å². The van der Waals surface area contributed by atoms with E-state index in [0.717, 1.165) is 11.5 Å². The van der Waals surface area contributed by atoms with E-state index in [1.165, 1.54) is 44.0 Å². The predicted molar refractivity (Wildman–Crippen MR) is 183 cm³/mol. The van der Waals surface area contributed by atoms with Gasteiger partial charge < -0.3 is 9.05 Å². The highest BCUT2D eigenvalue weighted by Crippen LogP contribution is 2.38. The van der Waals surface area contributed by atoms with Crippen molar-refractivity contribution in [3.8, 4) is 22.6 Å². The van der Waals surface area contributed by atoms with Gasteiger partial charge in [-0.15, -0.1) is 0 Å². The molecule has 0 saturated carbocycles. The van der Waals surface area contributed by atoms with Crippen LogP contribution in [0.2, 0.25) is 0 Å². The Balaban J connectivity index is 1.38. The van der Waals surface area contributed by atoms with Gasteiger partial charge in [0.15, 0.2) is 0 Å². The Morgan fingerprint density at radius 3 is 1.29 bits per heavy atom. The number of hydrogen-bond donors (Lipinski definition) is 0. The minimum Gasteiger partial charge on any atom is -0.472 e. The summed E-state index contributed by atoms with van der Waals surface area (Å²) in [6.07, 6.45) is 0. The lowest BCUT2D eigenvalue weighted by molar-refractivity contribution is 0.534. The van der Waals surface area contributed by atoms with Crippen LogP contribution in [0.5, 0.6) is 11.5 Å². The van der Waals surface area contributed by atoms with E-state index in [0.29, 0.717) is 0 Å². The Kier molecular flexibility index (Phi) is 9.38. The van der Waals surface area contributed by atoms with Crippen LogP contribution in [-0.4, -0.2) is 0 Å². The Bertz CT molecular complexity index is 1470. The molecule has 0 aliphatic carbocycles. The van der Waals surface area contributed by atoms with E-state index < -0.39 is 0 Å². The van der Waals surface area contributed by atoms with Crippen LogP contribution >= 0.6 is 17.6 Å². The summed E-state index contributed by atoms with van der Waals surface area (Å²) in [6.45, 7) is 22.4. The predicted octanol–water partition coefficient (Wildman–Crippen LogP) is 10.2. The van der Waals surface area contributed by atoms with Crippen molar-refractivity contribution in [1.82, 2.24) is 0 Å². The molecule has 216 valence electrons. The highest BCUT2D eigenvalue weighted by molar-refractivity contribution is 7.42. The van der Waals surface area contributed by atoms with Crippen molar-refractivity contribution in [1.29, 1.82) is 0 Å². The maximum atomic E-state index is 6.39. The number of rotatable bonds is 7. The first-order valence-corrected chi connectivity index (χ1v) is 16.3. The first-order chi connectivity index (χ1) is 19.1. The topological polar surface area (TPSA) is 18.5 Å². The Morgan fingerprint density at radius 2 is 0.878 bits per heavy atom. The van der Waals surface area contributed by atoms with Gasteiger partial charge in [-0.1, -0.05) is 135 Å². The van der Waals surface area contributed by atoms with Crippen LogP contribution in [0.4, 0.5) is 0 Å². The summed E-state index contributed by atoms with van der Waals surface area (Å²) in [5, 5.41) is 2.37. The third-order valence-electron chi connectivity index (χ3n) is 7.36. The molecule has 0 aromatic heterocycles. The SMILES string of the molecule is Cc1cc(C(C)(C)C)ccc1OPc1ccc(-c2ccc(POc3ccc(C(C)(C)C)cc3C(C)(C)C)cc2)cc1. The zero-order chi connectivity index (χ0) is 30.0. The molecule has 0 radical (unpaired) electrons. The van der Waals surface area contributed by atoms with Crippen LogP contribution in [0.15, 0.2) is 84.9 Å². The Hall–Kier alpha value is -2.66. The first-order valence-electron chi connectivity index (χ1n) is 14.4. The minimum absolute atomic E-state index is 0.0123. The van der Waals surface area contributed by atoms with E-state index in [2.05, 4.69) is 154 Å². The quantitative estimate of drug-likeness (QED) is 0.201. The molecule has 0 fully saturated rings. The second-order valence-corrected chi connectivity index (χ2v) is 16.0. The van der Waals surface area contributed by atoms with Crippen LogP contribution in [0, 0.1) is 6.92 Å². The summed E-state index contributed by atoms with van der Waals surface area (Å²) in [4.78, 5) is 0. The molecule has 0 bridgehead atoms. The second-order valence-electron chi connectivity index (χ2n) is 14.0. The molecule has 4 aromatic rings. The van der Waals surface area contributed by atoms with Gasteiger partial charge in [0.25, 0.3) is 0 Å². The van der Waals surface area contributed by atoms with Gasteiger partial charge in [-0.3, -0.25) is 0 Å². The summed E-state index contributed by atoms with van der Waals surface area (Å²) in [5.41, 5.74) is 7.78. The van der Waals surface area contributed by atoms with Gasteiger partial charge in [0, 0.05) is 16.2 Å². The first kappa shape index (κ1) is 31.3. The zero-order valence-electron chi connectivity index (χ0n) is 26.4. The maximum Gasteiger partial charge on any atom is 0.127 e. The highest BCUT2D eigenvalue weighted by atomic mass is 31.1. The van der Waals surface area contributed by atoms with E-state index in [-0.39, 0.29) is 33.9 Å². The fourth-order valence-corrected chi connectivity index (χ4v) is 6.06. The minimum atomic E-state index is 0.0123. The number of hydrogen-bond acceptors (Lipinski definition) is 2. The molecule has 2 atom stereocenters. The smallest absolute Gasteiger partial charge is 0.127 e. The molecule has 0 N–H and O–H groups in total. The molecular weight excluding hydrogens is 538 g/mol. The van der Waals surface area contributed by atoms with Crippen LogP contribution in [0.3, 0.4) is 0 Å². The average Bonchev–Trinajstić information content (AvgIpc) is 2.90. The van der Waals surface area contributed by atoms with E-state index >= 15 is 0 Å². The molecule has 4 rings (SSSR count). The third kappa shape index (κ3) is 8.22. The summed E-state index contributed by atoms with van der Waals surface area (Å²) in [7, 11) is 0.532. The molecule has 0 saturated heterocycles.